The van der Waals surface area contributed by atoms with E-state index in [2.05, 4.69) is 11.2 Å². The molecular weight excluding hydrogens is 328 g/mol. The van der Waals surface area contributed by atoms with Gasteiger partial charge in [0.25, 0.3) is 5.69 Å². The molecule has 0 aliphatic rings. The Kier molecular flexibility index (Phi) is 5.47. The molecule has 0 bridgehead atoms. The second-order valence-electron chi connectivity index (χ2n) is 5.79. The largest absolute Gasteiger partial charge is 0.459 e. The molecule has 2 aromatic carbocycles. The minimum Gasteiger partial charge on any atom is -0.459 e. The summed E-state index contributed by atoms with van der Waals surface area (Å²) in [6.07, 6.45) is 6.04. The summed E-state index contributed by atoms with van der Waals surface area (Å²) in [6, 6.07) is 20.1. The number of hydrogen-bond acceptors (Lipinski definition) is 4. The molecule has 26 heavy (non-hydrogen) atoms. The Bertz CT molecular complexity index is 926. The summed E-state index contributed by atoms with van der Waals surface area (Å²) in [5, 5.41) is 14.6. The highest BCUT2D eigenvalue weighted by Crippen LogP contribution is 2.31. The van der Waals surface area contributed by atoms with Crippen molar-refractivity contribution >= 4 is 5.69 Å². The fraction of sp³-hybridized carbons (Fsp3) is 0.143. The predicted molar refractivity (Wildman–Crippen MR) is 100 cm³/mol. The Morgan fingerprint density at radius 1 is 1.08 bits per heavy atom. The molecule has 0 aliphatic carbocycles. The number of benzene rings is 2. The molecule has 0 fully saturated rings. The first kappa shape index (κ1) is 17.5. The predicted octanol–water partition coefficient (Wildman–Crippen LogP) is 4.71. The van der Waals surface area contributed by atoms with Gasteiger partial charge in [-0.3, -0.25) is 10.1 Å². The van der Waals surface area contributed by atoms with Crippen molar-refractivity contribution in [1.82, 2.24) is 5.32 Å². The topological polar surface area (TPSA) is 68.3 Å². The second-order valence-corrected chi connectivity index (χ2v) is 5.79. The molecule has 130 valence electrons. The molecule has 0 saturated carbocycles. The number of furan rings is 1. The third-order valence-electron chi connectivity index (χ3n) is 4.07. The summed E-state index contributed by atoms with van der Waals surface area (Å²) < 4.78 is 5.81. The van der Waals surface area contributed by atoms with Crippen LogP contribution in [0.3, 0.4) is 0 Å². The summed E-state index contributed by atoms with van der Waals surface area (Å²) in [5.41, 5.74) is 1.60. The Hall–Kier alpha value is -3.36. The van der Waals surface area contributed by atoms with E-state index in [1.807, 2.05) is 36.4 Å². The maximum absolute atomic E-state index is 11.2. The van der Waals surface area contributed by atoms with Crippen molar-refractivity contribution in [2.45, 2.75) is 19.0 Å². The average molecular weight is 346 g/mol. The summed E-state index contributed by atoms with van der Waals surface area (Å²) in [4.78, 5) is 10.8. The van der Waals surface area contributed by atoms with E-state index >= 15 is 0 Å². The van der Waals surface area contributed by atoms with E-state index in [-0.39, 0.29) is 11.7 Å². The van der Waals surface area contributed by atoms with Gasteiger partial charge in [-0.2, -0.15) is 0 Å². The standard InChI is InChI=1S/C21H18N2O3/c1-2-8-19(16-9-4-3-5-10-16)22-15-17-13-14-21(26-17)18-11-6-7-12-20(18)23(24)25/h1,3-7,9-14,19,22H,8,15H2/t19-/m1/s1. The van der Waals surface area contributed by atoms with Gasteiger partial charge in [0, 0.05) is 18.5 Å². The zero-order chi connectivity index (χ0) is 18.4. The monoisotopic (exact) mass is 346 g/mol. The highest BCUT2D eigenvalue weighted by Gasteiger charge is 2.17. The van der Waals surface area contributed by atoms with Crippen LogP contribution in [-0.4, -0.2) is 4.92 Å². The molecule has 0 aliphatic heterocycles. The van der Waals surface area contributed by atoms with Gasteiger partial charge < -0.3 is 9.73 Å². The number of terminal acetylenes is 1. The number of nitro groups is 1. The van der Waals surface area contributed by atoms with Crippen molar-refractivity contribution in [3.63, 3.8) is 0 Å². The Labute approximate surface area is 151 Å². The van der Waals surface area contributed by atoms with E-state index in [1.54, 1.807) is 24.3 Å². The van der Waals surface area contributed by atoms with Crippen LogP contribution in [0.4, 0.5) is 5.69 Å². The summed E-state index contributed by atoms with van der Waals surface area (Å²) in [6.45, 7) is 0.474. The quantitative estimate of drug-likeness (QED) is 0.382. The lowest BCUT2D eigenvalue weighted by Crippen LogP contribution is -2.20. The van der Waals surface area contributed by atoms with Crippen molar-refractivity contribution in [2.75, 3.05) is 0 Å². The van der Waals surface area contributed by atoms with Crippen LogP contribution in [0.2, 0.25) is 0 Å². The first-order valence-corrected chi connectivity index (χ1v) is 8.23. The molecule has 1 atom stereocenters. The van der Waals surface area contributed by atoms with Crippen LogP contribution >= 0.6 is 0 Å². The molecular formula is C21H18N2O3. The van der Waals surface area contributed by atoms with Crippen molar-refractivity contribution in [2.24, 2.45) is 0 Å². The fourth-order valence-corrected chi connectivity index (χ4v) is 2.79. The molecule has 0 radical (unpaired) electrons. The van der Waals surface area contributed by atoms with Crippen molar-refractivity contribution < 1.29 is 9.34 Å². The summed E-state index contributed by atoms with van der Waals surface area (Å²) in [5.74, 6) is 3.85. The number of nitro benzene ring substituents is 1. The zero-order valence-electron chi connectivity index (χ0n) is 14.1. The second kappa shape index (κ2) is 8.15. The third-order valence-corrected chi connectivity index (χ3v) is 4.07. The Morgan fingerprint density at radius 3 is 2.54 bits per heavy atom. The van der Waals surface area contributed by atoms with Gasteiger partial charge in [0.05, 0.1) is 17.0 Å². The van der Waals surface area contributed by atoms with Crippen LogP contribution in [-0.2, 0) is 6.54 Å². The fourth-order valence-electron chi connectivity index (χ4n) is 2.79. The van der Waals surface area contributed by atoms with E-state index in [9.17, 15) is 10.1 Å². The first-order valence-electron chi connectivity index (χ1n) is 8.23. The van der Waals surface area contributed by atoms with Crippen molar-refractivity contribution in [3.05, 3.63) is 88.2 Å². The lowest BCUT2D eigenvalue weighted by molar-refractivity contribution is -0.384. The van der Waals surface area contributed by atoms with E-state index in [0.717, 1.165) is 5.56 Å². The Morgan fingerprint density at radius 2 is 1.81 bits per heavy atom. The third kappa shape index (κ3) is 4.00. The van der Waals surface area contributed by atoms with Gasteiger partial charge in [0.2, 0.25) is 0 Å². The van der Waals surface area contributed by atoms with Gasteiger partial charge in [-0.15, -0.1) is 12.3 Å². The molecule has 0 unspecified atom stereocenters. The molecule has 5 heteroatoms. The van der Waals surface area contributed by atoms with E-state index < -0.39 is 4.92 Å². The number of hydrogen-bond donors (Lipinski definition) is 1. The summed E-state index contributed by atoms with van der Waals surface area (Å²) in [7, 11) is 0. The smallest absolute Gasteiger partial charge is 0.280 e. The highest BCUT2D eigenvalue weighted by molar-refractivity contribution is 5.69. The van der Waals surface area contributed by atoms with Gasteiger partial charge >= 0.3 is 0 Å². The van der Waals surface area contributed by atoms with Crippen LogP contribution in [0.1, 0.15) is 23.8 Å². The van der Waals surface area contributed by atoms with Crippen LogP contribution in [0.25, 0.3) is 11.3 Å². The van der Waals surface area contributed by atoms with E-state index in [1.165, 1.54) is 6.07 Å². The average Bonchev–Trinajstić information content (AvgIpc) is 3.14. The van der Waals surface area contributed by atoms with E-state index in [4.69, 9.17) is 10.8 Å². The van der Waals surface area contributed by atoms with Gasteiger partial charge in [-0.25, -0.2) is 0 Å². The van der Waals surface area contributed by atoms with Gasteiger partial charge in [-0.1, -0.05) is 42.5 Å². The van der Waals surface area contributed by atoms with Gasteiger partial charge in [-0.05, 0) is 23.8 Å². The number of nitrogens with one attached hydrogen (secondary N) is 1. The van der Waals surface area contributed by atoms with Gasteiger partial charge in [0.15, 0.2) is 0 Å². The molecule has 1 N–H and O–H groups in total. The first-order chi connectivity index (χ1) is 12.7. The number of para-hydroxylation sites is 1. The van der Waals surface area contributed by atoms with Crippen molar-refractivity contribution in [1.29, 1.82) is 0 Å². The molecule has 1 heterocycles. The zero-order valence-corrected chi connectivity index (χ0v) is 14.1. The van der Waals surface area contributed by atoms with Crippen molar-refractivity contribution in [3.8, 4) is 23.7 Å². The molecule has 5 nitrogen and oxygen atoms in total. The van der Waals surface area contributed by atoms with Crippen LogP contribution in [0, 0.1) is 22.5 Å². The SMILES string of the molecule is C#CC[C@@H](NCc1ccc(-c2ccccc2[N+](=O)[O-])o1)c1ccccc1. The lowest BCUT2D eigenvalue weighted by atomic mass is 10.0. The number of nitrogens with zero attached hydrogens (tertiary/aromatic N) is 1. The molecule has 0 amide bonds. The molecule has 0 saturated heterocycles. The molecule has 3 rings (SSSR count). The molecule has 0 spiro atoms. The Balaban J connectivity index is 1.75. The lowest BCUT2D eigenvalue weighted by Gasteiger charge is -2.16. The maximum Gasteiger partial charge on any atom is 0.280 e. The highest BCUT2D eigenvalue weighted by atomic mass is 16.6. The van der Waals surface area contributed by atoms with E-state index in [0.29, 0.717) is 30.0 Å². The van der Waals surface area contributed by atoms with Crippen LogP contribution < -0.4 is 5.32 Å². The van der Waals surface area contributed by atoms with Crippen LogP contribution in [0.15, 0.2) is 71.1 Å². The van der Waals surface area contributed by atoms with Gasteiger partial charge in [0.1, 0.15) is 11.5 Å². The molecule has 3 aromatic rings. The maximum atomic E-state index is 11.2. The number of rotatable bonds is 7. The summed E-state index contributed by atoms with van der Waals surface area (Å²) >= 11 is 0. The minimum absolute atomic E-state index is 0.0146. The normalized spacial score (nSPS) is 11.7. The minimum atomic E-state index is -0.409. The van der Waals surface area contributed by atoms with Crippen LogP contribution in [0.5, 0.6) is 0 Å². The molecule has 1 aromatic heterocycles.